The van der Waals surface area contributed by atoms with Gasteiger partial charge in [0.2, 0.25) is 11.6 Å². The summed E-state index contributed by atoms with van der Waals surface area (Å²) in [5.41, 5.74) is -2.92. The van der Waals surface area contributed by atoms with E-state index in [1.165, 1.54) is 0 Å². The number of Topliss-reactive ketones (excluding diaryl/α,β-unsaturated/α-hetero) is 2. The van der Waals surface area contributed by atoms with Crippen LogP contribution in [-0.2, 0) is 29.5 Å². The van der Waals surface area contributed by atoms with Crippen LogP contribution in [0.25, 0.3) is 0 Å². The largest absolute Gasteiger partial charge is 0.484 e. The number of piperidine rings is 2. The van der Waals surface area contributed by atoms with E-state index >= 15 is 0 Å². The normalized spacial score (nSPS) is 28.5. The molecule has 8 nitrogen and oxygen atoms in total. The molecule has 0 N–H and O–H groups in total. The number of allylic oxidation sites excluding steroid dienone is 2. The van der Waals surface area contributed by atoms with E-state index in [4.69, 9.17) is 32.7 Å². The fourth-order valence-corrected chi connectivity index (χ4v) is 6.09. The Morgan fingerprint density at radius 1 is 0.618 bits per heavy atom. The molecule has 2 radical (unpaired) electrons. The third-order valence-electron chi connectivity index (χ3n) is 6.89. The molecule has 0 atom stereocenters. The predicted molar refractivity (Wildman–Crippen MR) is 125 cm³/mol. The van der Waals surface area contributed by atoms with Gasteiger partial charge in [-0.25, -0.2) is 0 Å². The second-order valence-corrected chi connectivity index (χ2v) is 12.8. The number of ether oxygens (including phenoxy) is 2. The van der Waals surface area contributed by atoms with Gasteiger partial charge in [0.05, 0.1) is 0 Å². The van der Waals surface area contributed by atoms with E-state index in [-0.39, 0.29) is 11.5 Å². The first-order valence-electron chi connectivity index (χ1n) is 11.5. The standard InChI is InChI=1S/C24H34Cl2N2O6/c1-21(2)9-13(10-22(3,4)27(21)31)33-19-15(25)18(30)20(16(26)17(19)29)34-14-11-23(5,6)28(32)24(7,8)12-14/h13-14H,9-12H2,1-8H3. The summed E-state index contributed by atoms with van der Waals surface area (Å²) in [6.07, 6.45) is 0.362. The number of ketones is 2. The van der Waals surface area contributed by atoms with Crippen LogP contribution in [0.4, 0.5) is 0 Å². The number of hydrogen-bond acceptors (Lipinski definition) is 6. The zero-order valence-corrected chi connectivity index (χ0v) is 22.6. The van der Waals surface area contributed by atoms with E-state index in [0.29, 0.717) is 25.7 Å². The monoisotopic (exact) mass is 516 g/mol. The number of carbonyl (C=O) groups excluding carboxylic acids is 2. The van der Waals surface area contributed by atoms with Crippen LogP contribution in [0.1, 0.15) is 81.1 Å². The van der Waals surface area contributed by atoms with Gasteiger partial charge in [0.25, 0.3) is 0 Å². The molecule has 2 saturated heterocycles. The summed E-state index contributed by atoms with van der Waals surface area (Å²) in [4.78, 5) is 26.2. The fourth-order valence-electron chi connectivity index (χ4n) is 5.66. The van der Waals surface area contributed by atoms with Crippen molar-refractivity contribution < 1.29 is 29.5 Å². The predicted octanol–water partition coefficient (Wildman–Crippen LogP) is 4.81. The zero-order valence-electron chi connectivity index (χ0n) is 21.1. The molecule has 2 fully saturated rings. The van der Waals surface area contributed by atoms with Gasteiger partial charge in [-0.2, -0.15) is 0 Å². The van der Waals surface area contributed by atoms with Gasteiger partial charge >= 0.3 is 0 Å². The topological polar surface area (TPSA) is 98.9 Å². The van der Waals surface area contributed by atoms with Crippen molar-refractivity contribution in [3.8, 4) is 0 Å². The van der Waals surface area contributed by atoms with Crippen molar-refractivity contribution in [1.82, 2.24) is 10.1 Å². The average molecular weight is 517 g/mol. The Morgan fingerprint density at radius 2 is 0.853 bits per heavy atom. The van der Waals surface area contributed by atoms with Crippen LogP contribution in [0.3, 0.4) is 0 Å². The quantitative estimate of drug-likeness (QED) is 0.497. The minimum atomic E-state index is -0.735. The van der Waals surface area contributed by atoms with E-state index in [0.717, 1.165) is 10.1 Å². The number of carbonyl (C=O) groups is 2. The highest BCUT2D eigenvalue weighted by Gasteiger charge is 2.50. The molecule has 0 aromatic heterocycles. The molecule has 0 spiro atoms. The van der Waals surface area contributed by atoms with Crippen LogP contribution in [0, 0.1) is 0 Å². The smallest absolute Gasteiger partial charge is 0.244 e. The summed E-state index contributed by atoms with van der Waals surface area (Å²) >= 11 is 12.6. The summed E-state index contributed by atoms with van der Waals surface area (Å²) < 4.78 is 11.9. The molecule has 190 valence electrons. The van der Waals surface area contributed by atoms with Gasteiger partial charge in [0.1, 0.15) is 22.3 Å². The first-order valence-corrected chi connectivity index (χ1v) is 12.2. The minimum absolute atomic E-state index is 0.324. The van der Waals surface area contributed by atoms with Crippen molar-refractivity contribution in [1.29, 1.82) is 0 Å². The lowest BCUT2D eigenvalue weighted by Crippen LogP contribution is -2.60. The first-order chi connectivity index (χ1) is 15.3. The molecule has 10 heteroatoms. The van der Waals surface area contributed by atoms with Crippen molar-refractivity contribution in [2.75, 3.05) is 0 Å². The first kappa shape index (κ1) is 27.4. The van der Waals surface area contributed by atoms with Crippen molar-refractivity contribution >= 4 is 34.8 Å². The van der Waals surface area contributed by atoms with E-state index in [2.05, 4.69) is 0 Å². The van der Waals surface area contributed by atoms with Gasteiger partial charge in [-0.15, -0.1) is 20.5 Å². The molecule has 0 aromatic carbocycles. The molecule has 3 rings (SSSR count). The van der Waals surface area contributed by atoms with Crippen LogP contribution in [-0.4, -0.2) is 56.1 Å². The molecule has 0 bridgehead atoms. The molecule has 0 saturated carbocycles. The number of nitrogens with zero attached hydrogens (tertiary/aromatic N) is 2. The Labute approximate surface area is 211 Å². The lowest BCUT2D eigenvalue weighted by atomic mass is 9.80. The second-order valence-electron chi connectivity index (χ2n) is 12.1. The molecule has 0 aromatic rings. The SMILES string of the molecule is CC1(C)CC(OC2=C(Cl)C(=O)C(OC3CC(C)(C)N([O])C(C)(C)C3)=C(Cl)C2=O)CC(C)(C)N1[O]. The van der Waals surface area contributed by atoms with Crippen LogP contribution in [0.15, 0.2) is 21.6 Å². The molecule has 2 heterocycles. The maximum atomic E-state index is 13.1. The average Bonchev–Trinajstić information content (AvgIpc) is 2.68. The van der Waals surface area contributed by atoms with Crippen molar-refractivity contribution in [3.05, 3.63) is 21.6 Å². The van der Waals surface area contributed by atoms with Crippen LogP contribution in [0.5, 0.6) is 0 Å². The Balaban J connectivity index is 1.82. The van der Waals surface area contributed by atoms with Gasteiger partial charge in [-0.05, 0) is 55.4 Å². The van der Waals surface area contributed by atoms with E-state index in [1.54, 1.807) is 55.4 Å². The van der Waals surface area contributed by atoms with Gasteiger partial charge < -0.3 is 9.47 Å². The molecule has 3 aliphatic rings. The number of hydroxylamine groups is 4. The summed E-state index contributed by atoms with van der Waals surface area (Å²) in [6, 6.07) is 0. The van der Waals surface area contributed by atoms with Crippen LogP contribution < -0.4 is 0 Å². The summed E-state index contributed by atoms with van der Waals surface area (Å²) in [6.45, 7) is 14.4. The molecular formula is C24H34Cl2N2O6. The Morgan fingerprint density at radius 3 is 1.09 bits per heavy atom. The maximum absolute atomic E-state index is 13.1. The van der Waals surface area contributed by atoms with Crippen LogP contribution in [0.2, 0.25) is 0 Å². The van der Waals surface area contributed by atoms with Gasteiger partial charge in [0.15, 0.2) is 11.5 Å². The third kappa shape index (κ3) is 4.90. The highest BCUT2D eigenvalue weighted by molar-refractivity contribution is 6.55. The third-order valence-corrected chi connectivity index (χ3v) is 7.57. The lowest BCUT2D eigenvalue weighted by Gasteiger charge is -2.50. The van der Waals surface area contributed by atoms with Crippen molar-refractivity contribution in [2.24, 2.45) is 0 Å². The number of rotatable bonds is 4. The van der Waals surface area contributed by atoms with E-state index in [1.807, 2.05) is 0 Å². The minimum Gasteiger partial charge on any atom is -0.484 e. The highest BCUT2D eigenvalue weighted by Crippen LogP contribution is 2.43. The Hall–Kier alpha value is -1.16. The number of halogens is 2. The molecule has 2 aliphatic heterocycles. The number of hydrogen-bond donors (Lipinski definition) is 0. The van der Waals surface area contributed by atoms with E-state index in [9.17, 15) is 20.0 Å². The van der Waals surface area contributed by atoms with Crippen molar-refractivity contribution in [2.45, 2.75) is 115 Å². The summed E-state index contributed by atoms with van der Waals surface area (Å²) in [7, 11) is 0. The second kappa shape index (κ2) is 8.75. The maximum Gasteiger partial charge on any atom is 0.244 e. The fraction of sp³-hybridized carbons (Fsp3) is 0.750. The lowest BCUT2D eigenvalue weighted by molar-refractivity contribution is -0.299. The molecular weight excluding hydrogens is 483 g/mol. The molecule has 34 heavy (non-hydrogen) atoms. The summed E-state index contributed by atoms with van der Waals surface area (Å²) in [5, 5.41) is 26.5. The molecule has 1 aliphatic carbocycles. The Bertz CT molecular complexity index is 841. The molecule has 0 unspecified atom stereocenters. The van der Waals surface area contributed by atoms with Crippen LogP contribution >= 0.6 is 23.2 Å². The van der Waals surface area contributed by atoms with Gasteiger partial charge in [-0.1, -0.05) is 23.2 Å². The Kier molecular flexibility index (Phi) is 7.06. The summed E-state index contributed by atoms with van der Waals surface area (Å²) in [5.74, 6) is -2.12. The van der Waals surface area contributed by atoms with E-state index < -0.39 is 56.0 Å². The van der Waals surface area contributed by atoms with Crippen molar-refractivity contribution in [3.63, 3.8) is 0 Å². The van der Waals surface area contributed by atoms with Gasteiger partial charge in [-0.3, -0.25) is 9.59 Å². The van der Waals surface area contributed by atoms with Gasteiger partial charge in [0, 0.05) is 47.8 Å². The zero-order chi connectivity index (χ0) is 26.0. The molecule has 0 amide bonds. The highest BCUT2D eigenvalue weighted by atomic mass is 35.5.